The standard InChI is InChI=1S/C14H11BrN2O3/c15-10-5-3-9(4-6-10)14(19)17-12(13(16)18)8-11-2-1-7-20-11/h1-8H,(H2,16,18)(H,17,19)/b12-8-. The van der Waals surface area contributed by atoms with E-state index in [4.69, 9.17) is 10.2 Å². The minimum atomic E-state index is -0.744. The van der Waals surface area contributed by atoms with Gasteiger partial charge in [0.25, 0.3) is 11.8 Å². The maximum atomic E-state index is 12.0. The van der Waals surface area contributed by atoms with Gasteiger partial charge in [0.15, 0.2) is 0 Å². The first kappa shape index (κ1) is 14.1. The second-order valence-electron chi connectivity index (χ2n) is 3.90. The van der Waals surface area contributed by atoms with Crippen molar-refractivity contribution in [3.05, 3.63) is 64.2 Å². The first-order valence-corrected chi connectivity index (χ1v) is 6.47. The van der Waals surface area contributed by atoms with E-state index in [2.05, 4.69) is 21.2 Å². The molecular weight excluding hydrogens is 324 g/mol. The molecule has 0 saturated heterocycles. The van der Waals surface area contributed by atoms with E-state index in [1.54, 1.807) is 36.4 Å². The molecular formula is C14H11BrN2O3. The van der Waals surface area contributed by atoms with Crippen LogP contribution >= 0.6 is 15.9 Å². The number of amides is 2. The number of rotatable bonds is 4. The van der Waals surface area contributed by atoms with Crippen LogP contribution < -0.4 is 11.1 Å². The zero-order chi connectivity index (χ0) is 14.5. The first-order chi connectivity index (χ1) is 9.56. The summed E-state index contributed by atoms with van der Waals surface area (Å²) in [4.78, 5) is 23.3. The Balaban J connectivity index is 2.18. The Hall–Kier alpha value is -2.34. The molecule has 0 aliphatic rings. The van der Waals surface area contributed by atoms with Crippen LogP contribution in [0.2, 0.25) is 0 Å². The molecule has 20 heavy (non-hydrogen) atoms. The highest BCUT2D eigenvalue weighted by Crippen LogP contribution is 2.11. The molecule has 0 aliphatic carbocycles. The molecule has 2 rings (SSSR count). The van der Waals surface area contributed by atoms with Crippen molar-refractivity contribution in [1.29, 1.82) is 0 Å². The van der Waals surface area contributed by atoms with Crippen molar-refractivity contribution >= 4 is 33.8 Å². The van der Waals surface area contributed by atoms with Crippen molar-refractivity contribution in [1.82, 2.24) is 5.32 Å². The van der Waals surface area contributed by atoms with Gasteiger partial charge in [0.05, 0.1) is 6.26 Å². The Morgan fingerprint density at radius 2 is 1.90 bits per heavy atom. The Bertz CT molecular complexity index is 646. The fraction of sp³-hybridized carbons (Fsp3) is 0. The van der Waals surface area contributed by atoms with Gasteiger partial charge in [-0.15, -0.1) is 0 Å². The molecule has 102 valence electrons. The Morgan fingerprint density at radius 3 is 2.45 bits per heavy atom. The molecule has 1 heterocycles. The van der Waals surface area contributed by atoms with Gasteiger partial charge in [0.1, 0.15) is 11.5 Å². The lowest BCUT2D eigenvalue weighted by atomic mass is 10.2. The van der Waals surface area contributed by atoms with E-state index in [9.17, 15) is 9.59 Å². The second kappa shape index (κ2) is 6.21. The van der Waals surface area contributed by atoms with Crippen molar-refractivity contribution in [2.45, 2.75) is 0 Å². The lowest BCUT2D eigenvalue weighted by molar-refractivity contribution is -0.114. The summed E-state index contributed by atoms with van der Waals surface area (Å²) < 4.78 is 5.93. The van der Waals surface area contributed by atoms with Gasteiger partial charge in [-0.05, 0) is 36.4 Å². The van der Waals surface area contributed by atoms with Crippen molar-refractivity contribution in [3.63, 3.8) is 0 Å². The van der Waals surface area contributed by atoms with E-state index in [1.807, 2.05) is 0 Å². The van der Waals surface area contributed by atoms with Crippen LogP contribution in [0.4, 0.5) is 0 Å². The summed E-state index contributed by atoms with van der Waals surface area (Å²) in [5.74, 6) is -0.740. The number of primary amides is 1. The lowest BCUT2D eigenvalue weighted by Crippen LogP contribution is -2.31. The maximum Gasteiger partial charge on any atom is 0.265 e. The fourth-order valence-corrected chi connectivity index (χ4v) is 1.74. The van der Waals surface area contributed by atoms with Gasteiger partial charge >= 0.3 is 0 Å². The van der Waals surface area contributed by atoms with Gasteiger partial charge in [-0.3, -0.25) is 9.59 Å². The second-order valence-corrected chi connectivity index (χ2v) is 4.81. The average Bonchev–Trinajstić information content (AvgIpc) is 2.91. The number of hydrogen-bond acceptors (Lipinski definition) is 3. The third-order valence-corrected chi connectivity index (χ3v) is 2.98. The monoisotopic (exact) mass is 334 g/mol. The Labute approximate surface area is 123 Å². The number of furan rings is 1. The van der Waals surface area contributed by atoms with Crippen LogP contribution in [0.1, 0.15) is 16.1 Å². The highest BCUT2D eigenvalue weighted by Gasteiger charge is 2.12. The molecule has 1 aromatic carbocycles. The first-order valence-electron chi connectivity index (χ1n) is 5.68. The minimum absolute atomic E-state index is 0.0344. The quantitative estimate of drug-likeness (QED) is 0.841. The van der Waals surface area contributed by atoms with E-state index >= 15 is 0 Å². The van der Waals surface area contributed by atoms with Crippen molar-refractivity contribution < 1.29 is 14.0 Å². The highest BCUT2D eigenvalue weighted by atomic mass is 79.9. The molecule has 0 spiro atoms. The largest absolute Gasteiger partial charge is 0.465 e. The van der Waals surface area contributed by atoms with Crippen LogP contribution in [0.25, 0.3) is 6.08 Å². The molecule has 0 aliphatic heterocycles. The summed E-state index contributed by atoms with van der Waals surface area (Å²) in [6.07, 6.45) is 2.83. The summed E-state index contributed by atoms with van der Waals surface area (Å²) in [7, 11) is 0. The van der Waals surface area contributed by atoms with Crippen LogP contribution in [0.3, 0.4) is 0 Å². The number of halogens is 1. The predicted octanol–water partition coefficient (Wildman–Crippen LogP) is 2.30. The van der Waals surface area contributed by atoms with E-state index in [1.165, 1.54) is 12.3 Å². The minimum Gasteiger partial charge on any atom is -0.465 e. The number of carbonyl (C=O) groups excluding carboxylic acids is 2. The van der Waals surface area contributed by atoms with E-state index in [0.717, 1.165) is 4.47 Å². The molecule has 1 aromatic heterocycles. The fourth-order valence-electron chi connectivity index (χ4n) is 1.48. The SMILES string of the molecule is NC(=O)/C(=C/c1ccco1)NC(=O)c1ccc(Br)cc1. The Kier molecular flexibility index (Phi) is 4.37. The summed E-state index contributed by atoms with van der Waals surface area (Å²) in [6.45, 7) is 0. The van der Waals surface area contributed by atoms with E-state index in [-0.39, 0.29) is 5.70 Å². The molecule has 0 unspecified atom stereocenters. The summed E-state index contributed by atoms with van der Waals surface area (Å²) in [5.41, 5.74) is 5.61. The van der Waals surface area contributed by atoms with E-state index in [0.29, 0.717) is 11.3 Å². The number of benzene rings is 1. The zero-order valence-electron chi connectivity index (χ0n) is 10.3. The van der Waals surface area contributed by atoms with Crippen LogP contribution in [-0.4, -0.2) is 11.8 Å². The predicted molar refractivity (Wildman–Crippen MR) is 77.5 cm³/mol. The number of nitrogens with two attached hydrogens (primary N) is 1. The number of carbonyl (C=O) groups is 2. The summed E-state index contributed by atoms with van der Waals surface area (Å²) >= 11 is 3.28. The summed E-state index contributed by atoms with van der Waals surface area (Å²) in [5, 5.41) is 2.46. The molecule has 5 nitrogen and oxygen atoms in total. The summed E-state index contributed by atoms with van der Waals surface area (Å²) in [6, 6.07) is 10.0. The number of hydrogen-bond donors (Lipinski definition) is 2. The van der Waals surface area contributed by atoms with Crippen molar-refractivity contribution in [3.8, 4) is 0 Å². The molecule has 2 aromatic rings. The van der Waals surface area contributed by atoms with Crippen molar-refractivity contribution in [2.24, 2.45) is 5.73 Å². The van der Waals surface area contributed by atoms with E-state index < -0.39 is 11.8 Å². The van der Waals surface area contributed by atoms with Crippen molar-refractivity contribution in [2.75, 3.05) is 0 Å². The van der Waals surface area contributed by atoms with Gasteiger partial charge < -0.3 is 15.5 Å². The van der Waals surface area contributed by atoms with Gasteiger partial charge in [0, 0.05) is 16.1 Å². The smallest absolute Gasteiger partial charge is 0.265 e. The third kappa shape index (κ3) is 3.58. The van der Waals surface area contributed by atoms with Gasteiger partial charge in [-0.1, -0.05) is 15.9 Å². The third-order valence-electron chi connectivity index (χ3n) is 2.45. The topological polar surface area (TPSA) is 85.3 Å². The molecule has 6 heteroatoms. The van der Waals surface area contributed by atoms with Crippen LogP contribution in [0, 0.1) is 0 Å². The lowest BCUT2D eigenvalue weighted by Gasteiger charge is -2.06. The molecule has 0 atom stereocenters. The average molecular weight is 335 g/mol. The molecule has 0 bridgehead atoms. The van der Waals surface area contributed by atoms with Gasteiger partial charge in [-0.2, -0.15) is 0 Å². The van der Waals surface area contributed by atoms with Gasteiger partial charge in [0.2, 0.25) is 0 Å². The number of nitrogens with one attached hydrogen (secondary N) is 1. The molecule has 0 fully saturated rings. The van der Waals surface area contributed by atoms with Crippen LogP contribution in [-0.2, 0) is 4.79 Å². The van der Waals surface area contributed by atoms with Crippen LogP contribution in [0.15, 0.2) is 57.2 Å². The van der Waals surface area contributed by atoms with Crippen LogP contribution in [0.5, 0.6) is 0 Å². The van der Waals surface area contributed by atoms with Gasteiger partial charge in [-0.25, -0.2) is 0 Å². The maximum absolute atomic E-state index is 12.0. The molecule has 2 amide bonds. The molecule has 0 radical (unpaired) electrons. The Morgan fingerprint density at radius 1 is 1.20 bits per heavy atom. The molecule has 0 saturated carbocycles. The normalized spacial score (nSPS) is 11.2. The molecule has 3 N–H and O–H groups in total. The highest BCUT2D eigenvalue weighted by molar-refractivity contribution is 9.10. The zero-order valence-corrected chi connectivity index (χ0v) is 11.9.